The molecule has 8 aromatic carbocycles. The maximum absolute atomic E-state index is 6.76. The van der Waals surface area contributed by atoms with Crippen molar-refractivity contribution in [2.24, 2.45) is 5.92 Å². The lowest BCUT2D eigenvalue weighted by molar-refractivity contribution is 0.582. The molecule has 55 heavy (non-hydrogen) atoms. The Bertz CT molecular complexity index is 3030. The van der Waals surface area contributed by atoms with Gasteiger partial charge in [-0.3, -0.25) is 0 Å². The van der Waals surface area contributed by atoms with Crippen LogP contribution in [-0.4, -0.2) is 0 Å². The van der Waals surface area contributed by atoms with E-state index in [1.54, 1.807) is 0 Å². The van der Waals surface area contributed by atoms with Crippen molar-refractivity contribution < 1.29 is 4.42 Å². The van der Waals surface area contributed by atoms with E-state index in [-0.39, 0.29) is 11.8 Å². The van der Waals surface area contributed by atoms with Gasteiger partial charge in [0.05, 0.1) is 0 Å². The van der Waals surface area contributed by atoms with Crippen LogP contribution in [0.15, 0.2) is 205 Å². The van der Waals surface area contributed by atoms with E-state index >= 15 is 0 Å². The zero-order chi connectivity index (χ0) is 36.3. The number of hydrogen-bond acceptors (Lipinski definition) is 1. The Morgan fingerprint density at radius 2 is 0.964 bits per heavy atom. The number of hydrogen-bond donors (Lipinski definition) is 0. The SMILES string of the molecule is C1=CC2C(c3ccccc3)=Cc3oc4cc(-c5ccc(-c6cc(-c7ccccc7)cc(-c7ccc8ccccc8c7)c6)c6ccccc56)ccc4c3C2C=C1. The zero-order valence-corrected chi connectivity index (χ0v) is 30.2. The molecule has 11 rings (SSSR count). The van der Waals surface area contributed by atoms with Crippen molar-refractivity contribution in [2.45, 2.75) is 5.92 Å². The fraction of sp³-hybridized carbons (Fsp3) is 0.0370. The van der Waals surface area contributed by atoms with Crippen molar-refractivity contribution in [1.82, 2.24) is 0 Å². The van der Waals surface area contributed by atoms with Gasteiger partial charge in [0, 0.05) is 22.8 Å². The zero-order valence-electron chi connectivity index (χ0n) is 30.2. The van der Waals surface area contributed by atoms with E-state index in [1.165, 1.54) is 82.6 Å². The van der Waals surface area contributed by atoms with E-state index < -0.39 is 0 Å². The molecule has 9 aromatic rings. The maximum Gasteiger partial charge on any atom is 0.135 e. The van der Waals surface area contributed by atoms with Crippen molar-refractivity contribution >= 4 is 44.2 Å². The third-order valence-corrected chi connectivity index (χ3v) is 11.6. The third-order valence-electron chi connectivity index (χ3n) is 11.6. The van der Waals surface area contributed by atoms with Crippen molar-refractivity contribution in [3.05, 3.63) is 217 Å². The molecule has 1 aromatic heterocycles. The Kier molecular flexibility index (Phi) is 7.38. The molecule has 1 heterocycles. The summed E-state index contributed by atoms with van der Waals surface area (Å²) in [6, 6.07) is 64.1. The summed E-state index contributed by atoms with van der Waals surface area (Å²) in [6.45, 7) is 0. The van der Waals surface area contributed by atoms with Crippen LogP contribution < -0.4 is 0 Å². The lowest BCUT2D eigenvalue weighted by atomic mass is 9.72. The predicted molar refractivity (Wildman–Crippen MR) is 232 cm³/mol. The Morgan fingerprint density at radius 1 is 0.364 bits per heavy atom. The molecule has 258 valence electrons. The minimum Gasteiger partial charge on any atom is -0.456 e. The Balaban J connectivity index is 1.04. The van der Waals surface area contributed by atoms with Gasteiger partial charge in [0.1, 0.15) is 11.3 Å². The van der Waals surface area contributed by atoms with Gasteiger partial charge in [0.2, 0.25) is 0 Å². The second kappa shape index (κ2) is 12.9. The number of furan rings is 1. The Morgan fingerprint density at radius 3 is 1.73 bits per heavy atom. The summed E-state index contributed by atoms with van der Waals surface area (Å²) in [7, 11) is 0. The Hall–Kier alpha value is -6.96. The van der Waals surface area contributed by atoms with Crippen LogP contribution in [0, 0.1) is 5.92 Å². The fourth-order valence-corrected chi connectivity index (χ4v) is 9.00. The summed E-state index contributed by atoms with van der Waals surface area (Å²) in [4.78, 5) is 0. The van der Waals surface area contributed by atoms with Crippen LogP contribution in [0.4, 0.5) is 0 Å². The minimum absolute atomic E-state index is 0.235. The first-order chi connectivity index (χ1) is 27.2. The van der Waals surface area contributed by atoms with Crippen molar-refractivity contribution in [2.75, 3.05) is 0 Å². The Labute approximate surface area is 320 Å². The molecule has 0 amide bonds. The lowest BCUT2D eigenvalue weighted by Crippen LogP contribution is -2.16. The summed E-state index contributed by atoms with van der Waals surface area (Å²) in [5, 5.41) is 6.14. The molecule has 0 N–H and O–H groups in total. The lowest BCUT2D eigenvalue weighted by Gasteiger charge is -2.30. The molecular weight excluding hydrogens is 665 g/mol. The molecule has 0 saturated carbocycles. The number of fused-ring (bicyclic) bond motifs is 7. The molecule has 1 nitrogen and oxygen atoms in total. The molecule has 0 fully saturated rings. The van der Waals surface area contributed by atoms with E-state index in [1.807, 2.05) is 0 Å². The quantitative estimate of drug-likeness (QED) is 0.174. The minimum atomic E-state index is 0.235. The highest BCUT2D eigenvalue weighted by atomic mass is 16.3. The average Bonchev–Trinajstić information content (AvgIpc) is 3.64. The van der Waals surface area contributed by atoms with Crippen LogP contribution in [0.25, 0.3) is 88.7 Å². The normalized spacial score (nSPS) is 16.0. The largest absolute Gasteiger partial charge is 0.456 e. The smallest absolute Gasteiger partial charge is 0.135 e. The van der Waals surface area contributed by atoms with Gasteiger partial charge in [-0.1, -0.05) is 170 Å². The molecule has 0 bridgehead atoms. The van der Waals surface area contributed by atoms with Gasteiger partial charge in [-0.05, 0) is 114 Å². The van der Waals surface area contributed by atoms with Crippen LogP contribution >= 0.6 is 0 Å². The molecule has 0 radical (unpaired) electrons. The van der Waals surface area contributed by atoms with Gasteiger partial charge in [-0.2, -0.15) is 0 Å². The topological polar surface area (TPSA) is 13.1 Å². The van der Waals surface area contributed by atoms with E-state index in [9.17, 15) is 0 Å². The van der Waals surface area contributed by atoms with Crippen molar-refractivity contribution in [3.8, 4) is 44.5 Å². The van der Waals surface area contributed by atoms with Gasteiger partial charge in [-0.25, -0.2) is 0 Å². The van der Waals surface area contributed by atoms with Gasteiger partial charge < -0.3 is 4.42 Å². The number of rotatable bonds is 5. The van der Waals surface area contributed by atoms with E-state index in [4.69, 9.17) is 4.42 Å². The van der Waals surface area contributed by atoms with Crippen LogP contribution in [0.1, 0.15) is 22.8 Å². The predicted octanol–water partition coefficient (Wildman–Crippen LogP) is 14.8. The van der Waals surface area contributed by atoms with E-state index in [0.29, 0.717) is 0 Å². The molecule has 2 aliphatic carbocycles. The summed E-state index contributed by atoms with van der Waals surface area (Å²) in [5.74, 6) is 1.48. The monoisotopic (exact) mass is 700 g/mol. The summed E-state index contributed by atoms with van der Waals surface area (Å²) in [6.07, 6.45) is 11.3. The van der Waals surface area contributed by atoms with Crippen LogP contribution in [0.5, 0.6) is 0 Å². The van der Waals surface area contributed by atoms with E-state index in [0.717, 1.165) is 16.9 Å². The summed E-state index contributed by atoms with van der Waals surface area (Å²) >= 11 is 0. The van der Waals surface area contributed by atoms with Crippen LogP contribution in [0.2, 0.25) is 0 Å². The van der Waals surface area contributed by atoms with Crippen molar-refractivity contribution in [3.63, 3.8) is 0 Å². The summed E-state index contributed by atoms with van der Waals surface area (Å²) < 4.78 is 6.76. The molecule has 2 atom stereocenters. The number of allylic oxidation sites excluding steroid dienone is 5. The third kappa shape index (κ3) is 5.39. The second-order valence-corrected chi connectivity index (χ2v) is 14.8. The second-order valence-electron chi connectivity index (χ2n) is 14.8. The molecule has 2 unspecified atom stereocenters. The molecule has 0 saturated heterocycles. The highest BCUT2D eigenvalue weighted by Gasteiger charge is 2.34. The molecule has 0 aliphatic heterocycles. The molecule has 1 heteroatoms. The van der Waals surface area contributed by atoms with Gasteiger partial charge in [-0.15, -0.1) is 0 Å². The first-order valence-corrected chi connectivity index (χ1v) is 19.2. The highest BCUT2D eigenvalue weighted by molar-refractivity contribution is 6.07. The van der Waals surface area contributed by atoms with Crippen LogP contribution in [-0.2, 0) is 0 Å². The van der Waals surface area contributed by atoms with E-state index in [2.05, 4.69) is 206 Å². The van der Waals surface area contributed by atoms with Crippen LogP contribution in [0.3, 0.4) is 0 Å². The molecule has 0 spiro atoms. The molecular formula is C54H36O. The average molecular weight is 701 g/mol. The highest BCUT2D eigenvalue weighted by Crippen LogP contribution is 2.50. The first-order valence-electron chi connectivity index (χ1n) is 19.2. The molecule has 2 aliphatic rings. The first kappa shape index (κ1) is 31.6. The fourth-order valence-electron chi connectivity index (χ4n) is 9.00. The number of benzene rings is 8. The van der Waals surface area contributed by atoms with Gasteiger partial charge in [0.15, 0.2) is 0 Å². The van der Waals surface area contributed by atoms with Crippen molar-refractivity contribution in [1.29, 1.82) is 0 Å². The summed E-state index contributed by atoms with van der Waals surface area (Å²) in [5.41, 5.74) is 14.4. The van der Waals surface area contributed by atoms with Gasteiger partial charge >= 0.3 is 0 Å². The maximum atomic E-state index is 6.76. The van der Waals surface area contributed by atoms with Gasteiger partial charge in [0.25, 0.3) is 0 Å². The standard InChI is InChI=1S/C54H36O/c1-3-13-35(14-4-1)41-30-42(39-24-23-36-15-7-8-18-38(36)29-39)32-43(31-41)45-28-27-44(46-19-9-10-20-47(45)46)40-25-26-50-52(33-40)55-53-34-51(37-16-5-2-6-17-37)48-21-11-12-22-49(48)54(50)53/h1-34,48-49H.